The number of hydrogen-bond donors (Lipinski definition) is 0. The average Bonchev–Trinajstić information content (AvgIpc) is 2.86. The fourth-order valence-corrected chi connectivity index (χ4v) is 2.94. The van der Waals surface area contributed by atoms with Crippen molar-refractivity contribution in [2.45, 2.75) is 6.54 Å². The van der Waals surface area contributed by atoms with Crippen molar-refractivity contribution in [3.8, 4) is 0 Å². The number of pyridine rings is 1. The molecule has 0 aliphatic rings. The molecule has 0 fully saturated rings. The predicted octanol–water partition coefficient (Wildman–Crippen LogP) is 3.90. The number of thiophene rings is 1. The molecule has 19 heavy (non-hydrogen) atoms. The van der Waals surface area contributed by atoms with Crippen LogP contribution in [0.4, 0.5) is 4.39 Å². The maximum absolute atomic E-state index is 13.1. The van der Waals surface area contributed by atoms with Crippen molar-refractivity contribution in [2.24, 2.45) is 0 Å². The van der Waals surface area contributed by atoms with E-state index in [1.807, 2.05) is 17.5 Å². The van der Waals surface area contributed by atoms with E-state index in [9.17, 15) is 9.18 Å². The lowest BCUT2D eigenvalue weighted by Crippen LogP contribution is -2.19. The van der Waals surface area contributed by atoms with Crippen molar-refractivity contribution < 1.29 is 4.39 Å². The lowest BCUT2D eigenvalue weighted by molar-refractivity contribution is 0.626. The summed E-state index contributed by atoms with van der Waals surface area (Å²) in [5, 5.41) is 2.67. The molecule has 96 valence electrons. The number of halogens is 2. The first kappa shape index (κ1) is 12.4. The van der Waals surface area contributed by atoms with E-state index in [-0.39, 0.29) is 10.6 Å². The molecular formula is C14H9ClFNOS. The Morgan fingerprint density at radius 2 is 2.11 bits per heavy atom. The Labute approximate surface area is 117 Å². The molecule has 0 saturated carbocycles. The van der Waals surface area contributed by atoms with Crippen LogP contribution in [0.3, 0.4) is 0 Å². The Bertz CT molecular complexity index is 809. The van der Waals surface area contributed by atoms with Crippen LogP contribution in [0.1, 0.15) is 5.56 Å². The fraction of sp³-hybridized carbons (Fsp3) is 0.0714. The molecule has 0 N–H and O–H groups in total. The van der Waals surface area contributed by atoms with Crippen LogP contribution in [-0.4, -0.2) is 4.57 Å². The first-order valence-electron chi connectivity index (χ1n) is 5.66. The largest absolute Gasteiger partial charge is 0.311 e. The molecule has 2 nitrogen and oxygen atoms in total. The van der Waals surface area contributed by atoms with Gasteiger partial charge < -0.3 is 4.57 Å². The molecule has 0 radical (unpaired) electrons. The van der Waals surface area contributed by atoms with Gasteiger partial charge in [0, 0.05) is 10.9 Å². The van der Waals surface area contributed by atoms with E-state index >= 15 is 0 Å². The monoisotopic (exact) mass is 293 g/mol. The third kappa shape index (κ3) is 2.29. The zero-order valence-corrected chi connectivity index (χ0v) is 11.3. The van der Waals surface area contributed by atoms with E-state index in [0.29, 0.717) is 11.9 Å². The highest BCUT2D eigenvalue weighted by Crippen LogP contribution is 2.18. The van der Waals surface area contributed by atoms with Crippen molar-refractivity contribution in [1.82, 2.24) is 4.57 Å². The summed E-state index contributed by atoms with van der Waals surface area (Å²) in [6.07, 6.45) is 1.75. The lowest BCUT2D eigenvalue weighted by atomic mass is 10.2. The summed E-state index contributed by atoms with van der Waals surface area (Å²) in [5.74, 6) is -0.453. The van der Waals surface area contributed by atoms with Gasteiger partial charge in [0.2, 0.25) is 0 Å². The van der Waals surface area contributed by atoms with Crippen LogP contribution < -0.4 is 5.56 Å². The van der Waals surface area contributed by atoms with Crippen LogP contribution in [0, 0.1) is 5.82 Å². The van der Waals surface area contributed by atoms with Gasteiger partial charge in [0.15, 0.2) is 0 Å². The summed E-state index contributed by atoms with van der Waals surface area (Å²) < 4.78 is 15.7. The summed E-state index contributed by atoms with van der Waals surface area (Å²) in [4.78, 5) is 12.2. The highest BCUT2D eigenvalue weighted by molar-refractivity contribution is 7.17. The van der Waals surface area contributed by atoms with Crippen molar-refractivity contribution in [3.63, 3.8) is 0 Å². The SMILES string of the molecule is O=c1c2ccsc2ccn1Cc1ccc(F)c(Cl)c1. The van der Waals surface area contributed by atoms with Gasteiger partial charge in [-0.1, -0.05) is 17.7 Å². The Balaban J connectivity index is 2.03. The molecule has 2 aromatic heterocycles. The molecule has 0 saturated heterocycles. The van der Waals surface area contributed by atoms with E-state index in [1.54, 1.807) is 22.9 Å². The van der Waals surface area contributed by atoms with Gasteiger partial charge in [-0.15, -0.1) is 11.3 Å². The molecular weight excluding hydrogens is 285 g/mol. The topological polar surface area (TPSA) is 22.0 Å². The molecule has 0 spiro atoms. The van der Waals surface area contributed by atoms with E-state index in [4.69, 9.17) is 11.6 Å². The average molecular weight is 294 g/mol. The summed E-state index contributed by atoms with van der Waals surface area (Å²) in [6, 6.07) is 8.21. The molecule has 0 aliphatic carbocycles. The van der Waals surface area contributed by atoms with Crippen molar-refractivity contribution in [1.29, 1.82) is 0 Å². The second-order valence-electron chi connectivity index (χ2n) is 4.20. The number of nitrogens with zero attached hydrogens (tertiary/aromatic N) is 1. The number of hydrogen-bond acceptors (Lipinski definition) is 2. The molecule has 0 amide bonds. The van der Waals surface area contributed by atoms with E-state index in [2.05, 4.69) is 0 Å². The molecule has 0 bridgehead atoms. The minimum Gasteiger partial charge on any atom is -0.311 e. The Kier molecular flexibility index (Phi) is 3.12. The highest BCUT2D eigenvalue weighted by atomic mass is 35.5. The normalized spacial score (nSPS) is 11.1. The van der Waals surface area contributed by atoms with Gasteiger partial charge in [-0.05, 0) is 35.2 Å². The van der Waals surface area contributed by atoms with Crippen molar-refractivity contribution in [2.75, 3.05) is 0 Å². The molecule has 2 heterocycles. The van der Waals surface area contributed by atoms with Crippen LogP contribution >= 0.6 is 22.9 Å². The second kappa shape index (κ2) is 4.79. The molecule has 0 atom stereocenters. The molecule has 0 unspecified atom stereocenters. The van der Waals surface area contributed by atoms with Gasteiger partial charge in [-0.2, -0.15) is 0 Å². The van der Waals surface area contributed by atoms with E-state index < -0.39 is 5.82 Å². The fourth-order valence-electron chi connectivity index (χ4n) is 1.97. The third-order valence-electron chi connectivity index (χ3n) is 2.93. The Morgan fingerprint density at radius 3 is 2.89 bits per heavy atom. The van der Waals surface area contributed by atoms with Crippen LogP contribution in [0.5, 0.6) is 0 Å². The first-order chi connectivity index (χ1) is 9.15. The van der Waals surface area contributed by atoms with Crippen LogP contribution in [0.15, 0.2) is 46.7 Å². The van der Waals surface area contributed by atoms with Crippen LogP contribution in [0.25, 0.3) is 10.1 Å². The molecule has 5 heteroatoms. The zero-order valence-electron chi connectivity index (χ0n) is 9.77. The van der Waals surface area contributed by atoms with Gasteiger partial charge in [-0.25, -0.2) is 4.39 Å². The third-order valence-corrected chi connectivity index (χ3v) is 4.10. The van der Waals surface area contributed by atoms with Crippen LogP contribution in [-0.2, 0) is 6.54 Å². The maximum atomic E-state index is 13.1. The van der Waals surface area contributed by atoms with Crippen LogP contribution in [0.2, 0.25) is 5.02 Å². The first-order valence-corrected chi connectivity index (χ1v) is 6.91. The Hall–Kier alpha value is -1.65. The second-order valence-corrected chi connectivity index (χ2v) is 5.55. The van der Waals surface area contributed by atoms with Gasteiger partial charge >= 0.3 is 0 Å². The van der Waals surface area contributed by atoms with E-state index in [0.717, 1.165) is 10.3 Å². The van der Waals surface area contributed by atoms with Gasteiger partial charge in [0.25, 0.3) is 5.56 Å². The molecule has 3 aromatic rings. The van der Waals surface area contributed by atoms with Crippen molar-refractivity contribution >= 4 is 33.0 Å². The summed E-state index contributed by atoms with van der Waals surface area (Å²) in [6.45, 7) is 0.380. The summed E-state index contributed by atoms with van der Waals surface area (Å²) in [7, 11) is 0. The van der Waals surface area contributed by atoms with Gasteiger partial charge in [0.1, 0.15) is 5.82 Å². The summed E-state index contributed by atoms with van der Waals surface area (Å²) >= 11 is 7.27. The number of rotatable bonds is 2. The Morgan fingerprint density at radius 1 is 1.26 bits per heavy atom. The number of fused-ring (bicyclic) bond motifs is 1. The number of aromatic nitrogens is 1. The van der Waals surface area contributed by atoms with Gasteiger partial charge in [-0.3, -0.25) is 4.79 Å². The predicted molar refractivity (Wildman–Crippen MR) is 76.6 cm³/mol. The molecule has 1 aromatic carbocycles. The minimum absolute atomic E-state index is 0.0424. The van der Waals surface area contributed by atoms with Crippen molar-refractivity contribution in [3.05, 3.63) is 68.7 Å². The maximum Gasteiger partial charge on any atom is 0.259 e. The quantitative estimate of drug-likeness (QED) is 0.702. The highest BCUT2D eigenvalue weighted by Gasteiger charge is 2.06. The smallest absolute Gasteiger partial charge is 0.259 e. The van der Waals surface area contributed by atoms with E-state index in [1.165, 1.54) is 17.4 Å². The van der Waals surface area contributed by atoms with Gasteiger partial charge in [0.05, 0.1) is 17.0 Å². The molecule has 3 rings (SSSR count). The lowest BCUT2D eigenvalue weighted by Gasteiger charge is -2.06. The number of benzene rings is 1. The summed E-state index contributed by atoms with van der Waals surface area (Å²) in [5.41, 5.74) is 0.752. The minimum atomic E-state index is -0.453. The zero-order chi connectivity index (χ0) is 13.4. The molecule has 0 aliphatic heterocycles. The standard InChI is InChI=1S/C14H9ClFNOS/c15-11-7-9(1-2-12(11)16)8-17-5-3-13-10(14(17)18)4-6-19-13/h1-7H,8H2.